The molecule has 1 aromatic carbocycles. The van der Waals surface area contributed by atoms with E-state index in [1.165, 1.54) is 0 Å². The van der Waals surface area contributed by atoms with E-state index in [4.69, 9.17) is 0 Å². The van der Waals surface area contributed by atoms with Crippen LogP contribution in [0.1, 0.15) is 10.4 Å². The third-order valence-corrected chi connectivity index (χ3v) is 3.39. The number of pyridine rings is 1. The maximum atomic E-state index is 11.9. The molecule has 0 atom stereocenters. The van der Waals surface area contributed by atoms with Crippen LogP contribution in [0.15, 0.2) is 53.3 Å². The Morgan fingerprint density at radius 3 is 2.65 bits per heavy atom. The van der Waals surface area contributed by atoms with E-state index in [2.05, 4.69) is 31.1 Å². The van der Waals surface area contributed by atoms with Crippen molar-refractivity contribution >= 4 is 27.5 Å². The van der Waals surface area contributed by atoms with Crippen LogP contribution in [0.25, 0.3) is 0 Å². The number of benzene rings is 1. The Morgan fingerprint density at radius 2 is 2.00 bits per heavy atom. The zero-order valence-corrected chi connectivity index (χ0v) is 12.8. The number of halogens is 1. The van der Waals surface area contributed by atoms with Gasteiger partial charge in [0.1, 0.15) is 4.60 Å². The quantitative estimate of drug-likeness (QED) is 0.855. The standard InChI is InChI=1S/C15H16BrN3O/c1-19(13-5-3-2-4-6-13)10-9-17-15(20)12-7-8-14(16)18-11-12/h2-8,11H,9-10H2,1H3,(H,17,20). The highest BCUT2D eigenvalue weighted by Gasteiger charge is 2.06. The van der Waals surface area contributed by atoms with Crippen LogP contribution in [-0.4, -0.2) is 31.0 Å². The molecule has 0 aliphatic rings. The Hall–Kier alpha value is -1.88. The molecular weight excluding hydrogens is 318 g/mol. The molecule has 0 aliphatic heterocycles. The molecule has 0 spiro atoms. The molecule has 1 heterocycles. The molecule has 0 unspecified atom stereocenters. The summed E-state index contributed by atoms with van der Waals surface area (Å²) in [5.41, 5.74) is 1.70. The minimum absolute atomic E-state index is 0.105. The maximum Gasteiger partial charge on any atom is 0.252 e. The average Bonchev–Trinajstić information content (AvgIpc) is 2.48. The fourth-order valence-corrected chi connectivity index (χ4v) is 2.00. The number of anilines is 1. The number of carbonyl (C=O) groups is 1. The van der Waals surface area contributed by atoms with Gasteiger partial charge in [0.25, 0.3) is 5.91 Å². The summed E-state index contributed by atoms with van der Waals surface area (Å²) in [5.74, 6) is -0.105. The lowest BCUT2D eigenvalue weighted by molar-refractivity contribution is 0.0954. The molecule has 2 aromatic rings. The van der Waals surface area contributed by atoms with Crippen LogP contribution in [-0.2, 0) is 0 Å². The lowest BCUT2D eigenvalue weighted by atomic mass is 10.2. The molecule has 4 nitrogen and oxygen atoms in total. The van der Waals surface area contributed by atoms with Gasteiger partial charge in [-0.25, -0.2) is 4.98 Å². The maximum absolute atomic E-state index is 11.9. The lowest BCUT2D eigenvalue weighted by Gasteiger charge is -2.19. The molecule has 0 saturated heterocycles. The Balaban J connectivity index is 1.81. The van der Waals surface area contributed by atoms with E-state index in [0.717, 1.165) is 16.8 Å². The Labute approximate surface area is 127 Å². The number of nitrogens with zero attached hydrogens (tertiary/aromatic N) is 2. The van der Waals surface area contributed by atoms with Gasteiger partial charge in [-0.05, 0) is 40.2 Å². The number of aromatic nitrogens is 1. The van der Waals surface area contributed by atoms with Gasteiger partial charge in [-0.2, -0.15) is 0 Å². The largest absolute Gasteiger partial charge is 0.373 e. The normalized spacial score (nSPS) is 10.1. The third kappa shape index (κ3) is 4.06. The number of para-hydroxylation sites is 1. The van der Waals surface area contributed by atoms with Gasteiger partial charge in [-0.3, -0.25) is 4.79 Å². The molecule has 1 aromatic heterocycles. The molecule has 0 radical (unpaired) electrons. The first-order valence-corrected chi connectivity index (χ1v) is 7.12. The van der Waals surface area contributed by atoms with E-state index in [1.54, 1.807) is 18.3 Å². The van der Waals surface area contributed by atoms with Crippen LogP contribution in [0.4, 0.5) is 5.69 Å². The highest BCUT2D eigenvalue weighted by Crippen LogP contribution is 2.10. The van der Waals surface area contributed by atoms with Gasteiger partial charge < -0.3 is 10.2 Å². The summed E-state index contributed by atoms with van der Waals surface area (Å²) in [6.45, 7) is 1.33. The number of amides is 1. The second kappa shape index (κ2) is 7.05. The summed E-state index contributed by atoms with van der Waals surface area (Å²) in [4.78, 5) is 18.0. The van der Waals surface area contributed by atoms with Gasteiger partial charge in [-0.15, -0.1) is 0 Å². The van der Waals surface area contributed by atoms with E-state index < -0.39 is 0 Å². The number of likely N-dealkylation sites (N-methyl/N-ethyl adjacent to an activating group) is 1. The monoisotopic (exact) mass is 333 g/mol. The second-order valence-corrected chi connectivity index (χ2v) is 5.20. The van der Waals surface area contributed by atoms with Crippen molar-refractivity contribution in [1.29, 1.82) is 0 Å². The molecule has 1 N–H and O–H groups in total. The predicted molar refractivity (Wildman–Crippen MR) is 84.0 cm³/mol. The Bertz CT molecular complexity index is 557. The van der Waals surface area contributed by atoms with E-state index in [-0.39, 0.29) is 5.91 Å². The van der Waals surface area contributed by atoms with Crippen molar-refractivity contribution in [2.24, 2.45) is 0 Å². The predicted octanol–water partition coefficient (Wildman–Crippen LogP) is 2.71. The van der Waals surface area contributed by atoms with Gasteiger partial charge in [0, 0.05) is 32.0 Å². The van der Waals surface area contributed by atoms with Crippen LogP contribution >= 0.6 is 15.9 Å². The first-order chi connectivity index (χ1) is 9.66. The summed E-state index contributed by atoms with van der Waals surface area (Å²) in [5, 5.41) is 2.88. The Kier molecular flexibility index (Phi) is 5.12. The van der Waals surface area contributed by atoms with E-state index >= 15 is 0 Å². The summed E-state index contributed by atoms with van der Waals surface area (Å²) >= 11 is 3.24. The minimum Gasteiger partial charge on any atom is -0.373 e. The molecule has 0 saturated carbocycles. The van der Waals surface area contributed by atoms with Gasteiger partial charge in [-0.1, -0.05) is 18.2 Å². The molecule has 2 rings (SSSR count). The molecule has 5 heteroatoms. The first kappa shape index (κ1) is 14.5. The summed E-state index contributed by atoms with van der Waals surface area (Å²) in [6.07, 6.45) is 1.56. The molecule has 104 valence electrons. The van der Waals surface area contributed by atoms with Crippen molar-refractivity contribution in [2.45, 2.75) is 0 Å². The SMILES string of the molecule is CN(CCNC(=O)c1ccc(Br)nc1)c1ccccc1. The Morgan fingerprint density at radius 1 is 1.25 bits per heavy atom. The highest BCUT2D eigenvalue weighted by atomic mass is 79.9. The third-order valence-electron chi connectivity index (χ3n) is 2.92. The fraction of sp³-hybridized carbons (Fsp3) is 0.200. The summed E-state index contributed by atoms with van der Waals surface area (Å²) < 4.78 is 0.720. The van der Waals surface area contributed by atoms with Crippen LogP contribution in [0.5, 0.6) is 0 Å². The lowest BCUT2D eigenvalue weighted by Crippen LogP contribution is -2.33. The second-order valence-electron chi connectivity index (χ2n) is 4.38. The molecule has 0 fully saturated rings. The smallest absolute Gasteiger partial charge is 0.252 e. The number of rotatable bonds is 5. The van der Waals surface area contributed by atoms with E-state index in [9.17, 15) is 4.79 Å². The topological polar surface area (TPSA) is 45.2 Å². The zero-order chi connectivity index (χ0) is 14.4. The molecule has 1 amide bonds. The van der Waals surface area contributed by atoms with Crippen LogP contribution in [0, 0.1) is 0 Å². The van der Waals surface area contributed by atoms with Gasteiger partial charge in [0.2, 0.25) is 0 Å². The minimum atomic E-state index is -0.105. The van der Waals surface area contributed by atoms with Crippen molar-refractivity contribution in [3.63, 3.8) is 0 Å². The summed E-state index contributed by atoms with van der Waals surface area (Å²) in [7, 11) is 2.00. The van der Waals surface area contributed by atoms with Gasteiger partial charge in [0.15, 0.2) is 0 Å². The van der Waals surface area contributed by atoms with Crippen LogP contribution < -0.4 is 10.2 Å². The van der Waals surface area contributed by atoms with Crippen molar-refractivity contribution in [3.05, 3.63) is 58.8 Å². The molecule has 0 bridgehead atoms. The highest BCUT2D eigenvalue weighted by molar-refractivity contribution is 9.10. The summed E-state index contributed by atoms with van der Waals surface area (Å²) in [6, 6.07) is 13.6. The van der Waals surface area contributed by atoms with Crippen LogP contribution in [0.2, 0.25) is 0 Å². The molecule has 20 heavy (non-hydrogen) atoms. The van der Waals surface area contributed by atoms with Crippen molar-refractivity contribution in [1.82, 2.24) is 10.3 Å². The number of nitrogens with one attached hydrogen (secondary N) is 1. The van der Waals surface area contributed by atoms with Gasteiger partial charge >= 0.3 is 0 Å². The van der Waals surface area contributed by atoms with Gasteiger partial charge in [0.05, 0.1) is 5.56 Å². The van der Waals surface area contributed by atoms with Crippen LogP contribution in [0.3, 0.4) is 0 Å². The fourth-order valence-electron chi connectivity index (χ4n) is 1.76. The van der Waals surface area contributed by atoms with Crippen molar-refractivity contribution in [2.75, 3.05) is 25.0 Å². The zero-order valence-electron chi connectivity index (χ0n) is 11.2. The van der Waals surface area contributed by atoms with Crippen molar-refractivity contribution < 1.29 is 4.79 Å². The van der Waals surface area contributed by atoms with E-state index in [1.807, 2.05) is 37.4 Å². The number of hydrogen-bond donors (Lipinski definition) is 1. The first-order valence-electron chi connectivity index (χ1n) is 6.33. The number of hydrogen-bond acceptors (Lipinski definition) is 3. The number of carbonyl (C=O) groups excluding carboxylic acids is 1. The average molecular weight is 334 g/mol. The van der Waals surface area contributed by atoms with Crippen molar-refractivity contribution in [3.8, 4) is 0 Å². The molecule has 0 aliphatic carbocycles. The van der Waals surface area contributed by atoms with E-state index in [0.29, 0.717) is 12.1 Å². The molecular formula is C15H16BrN3O.